The van der Waals surface area contributed by atoms with Gasteiger partial charge in [0.15, 0.2) is 0 Å². The number of allylic oxidation sites excluding steroid dienone is 2. The van der Waals surface area contributed by atoms with E-state index >= 15 is 0 Å². The summed E-state index contributed by atoms with van der Waals surface area (Å²) in [6, 6.07) is 15.1. The Labute approximate surface area is 233 Å². The molecule has 1 saturated carbocycles. The molecule has 0 bridgehead atoms. The number of rotatable bonds is 4. The first-order chi connectivity index (χ1) is 17.3. The molecule has 0 radical (unpaired) electrons. The molecule has 37 heavy (non-hydrogen) atoms. The number of hydrogen-bond acceptors (Lipinski definition) is 0. The topological polar surface area (TPSA) is 0 Å². The van der Waals surface area contributed by atoms with E-state index in [4.69, 9.17) is 0 Å². The summed E-state index contributed by atoms with van der Waals surface area (Å²) in [7, 11) is 0. The summed E-state index contributed by atoms with van der Waals surface area (Å²) >= 11 is 0. The molecule has 0 N–H and O–H groups in total. The van der Waals surface area contributed by atoms with Crippen LogP contribution in [0.4, 0.5) is 0 Å². The molecule has 1 aliphatic rings. The third kappa shape index (κ3) is 20.6. The highest BCUT2D eigenvalue weighted by Crippen LogP contribution is 2.38. The van der Waals surface area contributed by atoms with Crippen molar-refractivity contribution >= 4 is 0 Å². The van der Waals surface area contributed by atoms with Crippen LogP contribution in [0, 0.1) is 26.2 Å². The summed E-state index contributed by atoms with van der Waals surface area (Å²) in [6.45, 7) is 30.9. The van der Waals surface area contributed by atoms with Crippen LogP contribution in [-0.4, -0.2) is 0 Å². The van der Waals surface area contributed by atoms with Crippen molar-refractivity contribution in [3.8, 4) is 0 Å². The number of benzene rings is 2. The Morgan fingerprint density at radius 3 is 1.30 bits per heavy atom. The molecule has 0 unspecified atom stereocenters. The van der Waals surface area contributed by atoms with Gasteiger partial charge in [0.2, 0.25) is 0 Å². The van der Waals surface area contributed by atoms with Gasteiger partial charge in [-0.15, -0.1) is 13.2 Å². The first-order valence-corrected chi connectivity index (χ1v) is 14.7. The predicted octanol–water partition coefficient (Wildman–Crippen LogP) is 12.3. The molecule has 1 aliphatic carbocycles. The predicted molar refractivity (Wildman–Crippen MR) is 173 cm³/mol. The third-order valence-electron chi connectivity index (χ3n) is 7.06. The molecule has 0 atom stereocenters. The molecule has 0 aliphatic heterocycles. The molecule has 2 aromatic rings. The second kappa shape index (κ2) is 22.0. The minimum absolute atomic E-state index is 0.720. The SMILES string of the molecule is C=C(C)C.C=C(C)CC.CCC1(C)CCCCC1.CCc1cccc(CC)c1C.Cc1ccc(C)cc1. The van der Waals surface area contributed by atoms with Crippen molar-refractivity contribution in [2.75, 3.05) is 0 Å². The quantitative estimate of drug-likeness (QED) is 0.362. The van der Waals surface area contributed by atoms with Crippen molar-refractivity contribution < 1.29 is 0 Å². The van der Waals surface area contributed by atoms with E-state index in [1.54, 1.807) is 0 Å². The lowest BCUT2D eigenvalue weighted by molar-refractivity contribution is 0.208. The van der Waals surface area contributed by atoms with Crippen LogP contribution in [0.15, 0.2) is 66.8 Å². The van der Waals surface area contributed by atoms with E-state index in [-0.39, 0.29) is 0 Å². The second-order valence-electron chi connectivity index (χ2n) is 11.3. The Morgan fingerprint density at radius 1 is 0.703 bits per heavy atom. The zero-order valence-electron chi connectivity index (χ0n) is 26.8. The fourth-order valence-electron chi connectivity index (χ4n) is 3.90. The molecule has 1 fully saturated rings. The lowest BCUT2D eigenvalue weighted by Crippen LogP contribution is -2.18. The van der Waals surface area contributed by atoms with E-state index < -0.39 is 0 Å². The van der Waals surface area contributed by atoms with Gasteiger partial charge in [-0.2, -0.15) is 0 Å². The monoisotopic (exact) mass is 506 g/mol. The van der Waals surface area contributed by atoms with Gasteiger partial charge in [0.1, 0.15) is 0 Å². The lowest BCUT2D eigenvalue weighted by Gasteiger charge is -2.32. The fourth-order valence-corrected chi connectivity index (χ4v) is 3.90. The van der Waals surface area contributed by atoms with E-state index in [1.807, 2.05) is 20.8 Å². The van der Waals surface area contributed by atoms with Crippen LogP contribution in [0.5, 0.6) is 0 Å². The largest absolute Gasteiger partial charge is 0.100 e. The Kier molecular flexibility index (Phi) is 22.0. The maximum absolute atomic E-state index is 3.67. The smallest absolute Gasteiger partial charge is 0.0305 e. The average Bonchev–Trinajstić information content (AvgIpc) is 2.87. The number of hydrogen-bond donors (Lipinski definition) is 0. The van der Waals surface area contributed by atoms with E-state index in [9.17, 15) is 0 Å². The van der Waals surface area contributed by atoms with Crippen molar-refractivity contribution in [1.82, 2.24) is 0 Å². The van der Waals surface area contributed by atoms with Crippen LogP contribution in [0.3, 0.4) is 0 Å². The fraction of sp³-hybridized carbons (Fsp3) is 0.568. The molecule has 0 heteroatoms. The molecule has 0 heterocycles. The van der Waals surface area contributed by atoms with Gasteiger partial charge in [0.05, 0.1) is 0 Å². The van der Waals surface area contributed by atoms with Gasteiger partial charge in [-0.05, 0) is 95.8 Å². The van der Waals surface area contributed by atoms with Crippen molar-refractivity contribution in [1.29, 1.82) is 0 Å². The van der Waals surface area contributed by atoms with Crippen molar-refractivity contribution in [3.05, 3.63) is 94.6 Å². The minimum Gasteiger partial charge on any atom is -0.100 e. The van der Waals surface area contributed by atoms with E-state index in [1.165, 1.54) is 77.5 Å². The van der Waals surface area contributed by atoms with Crippen LogP contribution >= 0.6 is 0 Å². The van der Waals surface area contributed by atoms with Gasteiger partial charge in [0, 0.05) is 0 Å². The van der Waals surface area contributed by atoms with E-state index in [2.05, 4.69) is 111 Å². The van der Waals surface area contributed by atoms with E-state index in [0.717, 1.165) is 24.7 Å². The summed E-state index contributed by atoms with van der Waals surface area (Å²) < 4.78 is 0. The summed E-state index contributed by atoms with van der Waals surface area (Å²) in [5.74, 6) is 0. The van der Waals surface area contributed by atoms with Crippen LogP contribution in [0.2, 0.25) is 0 Å². The second-order valence-corrected chi connectivity index (χ2v) is 11.3. The standard InChI is InChI=1S/C11H16.C9H18.C8H10.C5H10.C4H8/c1-4-10-7-6-8-11(5-2)9(10)3;1-3-9(2)7-5-4-6-8-9;1-7-3-5-8(2)6-4-7;1-4-5(2)3;1-4(2)3/h6-8H,4-5H2,1-3H3;3-8H2,1-2H3;3-6H,1-2H3;2,4H2,1,3H3;1H2,2-3H3. The highest BCUT2D eigenvalue weighted by atomic mass is 14.3. The van der Waals surface area contributed by atoms with Crippen LogP contribution in [0.1, 0.15) is 128 Å². The molecule has 2 aromatic carbocycles. The van der Waals surface area contributed by atoms with Crippen LogP contribution in [-0.2, 0) is 12.8 Å². The zero-order valence-corrected chi connectivity index (χ0v) is 26.8. The molecular weight excluding hydrogens is 444 g/mol. The Hall–Kier alpha value is -2.08. The molecule has 0 nitrogen and oxygen atoms in total. The van der Waals surface area contributed by atoms with Gasteiger partial charge >= 0.3 is 0 Å². The first kappa shape index (κ1) is 37.1. The highest BCUT2D eigenvalue weighted by molar-refractivity contribution is 5.33. The van der Waals surface area contributed by atoms with Crippen LogP contribution < -0.4 is 0 Å². The maximum atomic E-state index is 3.67. The molecule has 3 rings (SSSR count). The minimum atomic E-state index is 0.720. The number of aryl methyl sites for hydroxylation is 4. The van der Waals surface area contributed by atoms with Crippen molar-refractivity contribution in [2.24, 2.45) is 5.41 Å². The summed E-state index contributed by atoms with van der Waals surface area (Å²) in [5, 5.41) is 0. The first-order valence-electron chi connectivity index (χ1n) is 14.7. The van der Waals surface area contributed by atoms with Crippen LogP contribution in [0.25, 0.3) is 0 Å². The van der Waals surface area contributed by atoms with Crippen molar-refractivity contribution in [2.45, 2.75) is 134 Å². The van der Waals surface area contributed by atoms with Crippen molar-refractivity contribution in [3.63, 3.8) is 0 Å². The summed E-state index contributed by atoms with van der Waals surface area (Å²) in [5.41, 5.74) is 10.3. The van der Waals surface area contributed by atoms with Gasteiger partial charge in [0.25, 0.3) is 0 Å². The molecule has 0 spiro atoms. The maximum Gasteiger partial charge on any atom is -0.0305 e. The third-order valence-corrected chi connectivity index (χ3v) is 7.06. The Balaban J connectivity index is 0. The Morgan fingerprint density at radius 2 is 1.05 bits per heavy atom. The Bertz CT molecular complexity index is 797. The molecule has 0 amide bonds. The zero-order chi connectivity index (χ0) is 28.9. The summed E-state index contributed by atoms with van der Waals surface area (Å²) in [6.07, 6.45) is 12.2. The molecule has 0 saturated heterocycles. The normalized spacial score (nSPS) is 13.1. The van der Waals surface area contributed by atoms with Gasteiger partial charge in [-0.25, -0.2) is 0 Å². The van der Waals surface area contributed by atoms with Gasteiger partial charge in [-0.1, -0.05) is 125 Å². The highest BCUT2D eigenvalue weighted by Gasteiger charge is 2.23. The van der Waals surface area contributed by atoms with E-state index in [0.29, 0.717) is 0 Å². The lowest BCUT2D eigenvalue weighted by atomic mass is 9.74. The average molecular weight is 507 g/mol. The van der Waals surface area contributed by atoms with Gasteiger partial charge < -0.3 is 0 Å². The summed E-state index contributed by atoms with van der Waals surface area (Å²) in [4.78, 5) is 0. The molecular formula is C37H62. The molecule has 210 valence electrons. The van der Waals surface area contributed by atoms with Gasteiger partial charge in [-0.3, -0.25) is 0 Å². The molecule has 0 aromatic heterocycles.